The molecule has 0 unspecified atom stereocenters. The summed E-state index contributed by atoms with van der Waals surface area (Å²) >= 11 is 0. The minimum absolute atomic E-state index is 0.178. The third-order valence-corrected chi connectivity index (χ3v) is 5.62. The number of imidazole rings is 1. The van der Waals surface area contributed by atoms with E-state index < -0.39 is 0 Å². The van der Waals surface area contributed by atoms with E-state index in [9.17, 15) is 9.90 Å². The number of aliphatic hydroxyl groups excluding tert-OH is 1. The maximum Gasteiger partial charge on any atom is 0.222 e. The molecular weight excluding hydrogens is 318 g/mol. The largest absolute Gasteiger partial charge is 0.396 e. The highest BCUT2D eigenvalue weighted by Gasteiger charge is 2.35. The van der Waals surface area contributed by atoms with Gasteiger partial charge in [0.25, 0.3) is 0 Å². The van der Waals surface area contributed by atoms with Crippen molar-refractivity contribution in [2.75, 3.05) is 59.5 Å². The molecule has 1 aromatic rings. The maximum absolute atomic E-state index is 12.5. The topological polar surface area (TPSA) is 64.8 Å². The number of rotatable bonds is 7. The van der Waals surface area contributed by atoms with E-state index in [1.165, 1.54) is 0 Å². The molecule has 25 heavy (non-hydrogen) atoms. The van der Waals surface area contributed by atoms with Crippen LogP contribution in [0.5, 0.6) is 0 Å². The lowest BCUT2D eigenvalue weighted by Crippen LogP contribution is -2.47. The zero-order chi connectivity index (χ0) is 17.6. The number of hydrogen-bond donors (Lipinski definition) is 1. The van der Waals surface area contributed by atoms with Crippen LogP contribution in [0.15, 0.2) is 18.7 Å². The second-order valence-corrected chi connectivity index (χ2v) is 7.51. The van der Waals surface area contributed by atoms with Crippen LogP contribution in [0.4, 0.5) is 0 Å². The number of carbonyl (C=O) groups excluding carboxylic acids is 1. The Bertz CT molecular complexity index is 528. The van der Waals surface area contributed by atoms with E-state index >= 15 is 0 Å². The van der Waals surface area contributed by atoms with Crippen molar-refractivity contribution in [1.82, 2.24) is 24.3 Å². The Balaban J connectivity index is 1.44. The van der Waals surface area contributed by atoms with Crippen molar-refractivity contribution >= 4 is 5.91 Å². The lowest BCUT2D eigenvalue weighted by molar-refractivity contribution is -0.130. The molecule has 2 aliphatic heterocycles. The molecule has 1 amide bonds. The van der Waals surface area contributed by atoms with Crippen molar-refractivity contribution in [1.29, 1.82) is 0 Å². The predicted octanol–water partition coefficient (Wildman–Crippen LogP) is -0.0224. The summed E-state index contributed by atoms with van der Waals surface area (Å²) in [6.45, 7) is 7.89. The lowest BCUT2D eigenvalue weighted by Gasteiger charge is -2.34. The molecule has 7 heteroatoms. The Kier molecular flexibility index (Phi) is 6.45. The Morgan fingerprint density at radius 2 is 1.96 bits per heavy atom. The van der Waals surface area contributed by atoms with Crippen LogP contribution in [0.25, 0.3) is 0 Å². The molecule has 3 rings (SSSR count). The number of amides is 1. The van der Waals surface area contributed by atoms with Gasteiger partial charge in [-0.2, -0.15) is 0 Å². The molecule has 1 N–H and O–H groups in total. The molecule has 2 fully saturated rings. The number of hydrogen-bond acceptors (Lipinski definition) is 5. The zero-order valence-electron chi connectivity index (χ0n) is 15.3. The van der Waals surface area contributed by atoms with Crippen LogP contribution in [-0.4, -0.2) is 94.7 Å². The van der Waals surface area contributed by atoms with Gasteiger partial charge in [-0.05, 0) is 19.4 Å². The molecule has 3 heterocycles. The SMILES string of the molecule is CN1CCN(C[C@@H]2CN(C(=O)CCCn3ccnc3)C[C@@H]2CO)CC1. The molecule has 0 aromatic carbocycles. The van der Waals surface area contributed by atoms with Gasteiger partial charge in [0.15, 0.2) is 0 Å². The molecule has 2 aliphatic rings. The number of likely N-dealkylation sites (tertiary alicyclic amines) is 1. The summed E-state index contributed by atoms with van der Waals surface area (Å²) in [4.78, 5) is 23.3. The number of aliphatic hydroxyl groups is 1. The third kappa shape index (κ3) is 5.03. The highest BCUT2D eigenvalue weighted by atomic mass is 16.3. The molecule has 0 aliphatic carbocycles. The number of piperazine rings is 1. The number of nitrogens with zero attached hydrogens (tertiary/aromatic N) is 5. The average molecular weight is 349 g/mol. The first-order valence-electron chi connectivity index (χ1n) is 9.41. The second-order valence-electron chi connectivity index (χ2n) is 7.51. The van der Waals surface area contributed by atoms with Crippen molar-refractivity contribution in [3.05, 3.63) is 18.7 Å². The summed E-state index contributed by atoms with van der Waals surface area (Å²) in [7, 11) is 2.16. The molecule has 0 radical (unpaired) electrons. The Hall–Kier alpha value is -1.44. The number of carbonyl (C=O) groups is 1. The molecule has 0 bridgehead atoms. The minimum atomic E-state index is 0.178. The van der Waals surface area contributed by atoms with Gasteiger partial charge in [-0.1, -0.05) is 0 Å². The van der Waals surface area contributed by atoms with Gasteiger partial charge in [-0.15, -0.1) is 0 Å². The summed E-state index contributed by atoms with van der Waals surface area (Å²) in [5.74, 6) is 0.836. The standard InChI is InChI=1S/C18H31N5O2/c1-20-7-9-21(10-8-20)11-16-12-23(13-17(16)14-24)18(25)3-2-5-22-6-4-19-15-22/h4,6,15-17,24H,2-3,5,7-14H2,1H3/t16-,17-/m1/s1. The van der Waals surface area contributed by atoms with Crippen molar-refractivity contribution in [3.63, 3.8) is 0 Å². The summed E-state index contributed by atoms with van der Waals surface area (Å²) in [6.07, 6.45) is 6.87. The van der Waals surface area contributed by atoms with Crippen molar-refractivity contribution in [2.45, 2.75) is 19.4 Å². The number of likely N-dealkylation sites (N-methyl/N-ethyl adjacent to an activating group) is 1. The van der Waals surface area contributed by atoms with Gasteiger partial charge in [0.1, 0.15) is 0 Å². The van der Waals surface area contributed by atoms with E-state index in [1.807, 2.05) is 15.7 Å². The summed E-state index contributed by atoms with van der Waals surface area (Å²) in [6, 6.07) is 0. The Labute approximate surface area is 150 Å². The predicted molar refractivity (Wildman–Crippen MR) is 96.0 cm³/mol. The Morgan fingerprint density at radius 1 is 1.20 bits per heavy atom. The summed E-state index contributed by atoms with van der Waals surface area (Å²) < 4.78 is 2.00. The van der Waals surface area contributed by atoms with E-state index in [2.05, 4.69) is 21.8 Å². The van der Waals surface area contributed by atoms with Crippen LogP contribution in [0.2, 0.25) is 0 Å². The summed E-state index contributed by atoms with van der Waals surface area (Å²) in [5.41, 5.74) is 0. The van der Waals surface area contributed by atoms with Gasteiger partial charge in [0, 0.05) is 83.7 Å². The van der Waals surface area contributed by atoms with E-state index in [1.54, 1.807) is 12.5 Å². The monoisotopic (exact) mass is 349 g/mol. The van der Waals surface area contributed by atoms with Crippen LogP contribution in [0, 0.1) is 11.8 Å². The van der Waals surface area contributed by atoms with E-state index in [-0.39, 0.29) is 18.4 Å². The van der Waals surface area contributed by atoms with Gasteiger partial charge in [-0.3, -0.25) is 4.79 Å². The molecule has 0 saturated carbocycles. The fourth-order valence-electron chi connectivity index (χ4n) is 3.91. The first kappa shape index (κ1) is 18.4. The van der Waals surface area contributed by atoms with E-state index in [0.717, 1.165) is 52.2 Å². The van der Waals surface area contributed by atoms with Gasteiger partial charge < -0.3 is 24.4 Å². The molecule has 7 nitrogen and oxygen atoms in total. The lowest BCUT2D eigenvalue weighted by atomic mass is 9.96. The highest BCUT2D eigenvalue weighted by molar-refractivity contribution is 5.76. The van der Waals surface area contributed by atoms with Crippen molar-refractivity contribution in [3.8, 4) is 0 Å². The van der Waals surface area contributed by atoms with Crippen LogP contribution >= 0.6 is 0 Å². The van der Waals surface area contributed by atoms with Gasteiger partial charge in [0.05, 0.1) is 6.33 Å². The van der Waals surface area contributed by atoms with E-state index in [4.69, 9.17) is 0 Å². The average Bonchev–Trinajstić information content (AvgIpc) is 3.26. The fourth-order valence-corrected chi connectivity index (χ4v) is 3.91. The normalized spacial score (nSPS) is 25.6. The molecule has 2 saturated heterocycles. The minimum Gasteiger partial charge on any atom is -0.396 e. The van der Waals surface area contributed by atoms with E-state index in [0.29, 0.717) is 18.9 Å². The zero-order valence-corrected chi connectivity index (χ0v) is 15.3. The quantitative estimate of drug-likeness (QED) is 0.749. The summed E-state index contributed by atoms with van der Waals surface area (Å²) in [5, 5.41) is 9.73. The third-order valence-electron chi connectivity index (χ3n) is 5.62. The van der Waals surface area contributed by atoms with Gasteiger partial charge >= 0.3 is 0 Å². The maximum atomic E-state index is 12.5. The first-order chi connectivity index (χ1) is 12.2. The van der Waals surface area contributed by atoms with Crippen LogP contribution in [0.3, 0.4) is 0 Å². The van der Waals surface area contributed by atoms with Crippen molar-refractivity contribution < 1.29 is 9.90 Å². The Morgan fingerprint density at radius 3 is 2.64 bits per heavy atom. The van der Waals surface area contributed by atoms with Crippen LogP contribution < -0.4 is 0 Å². The van der Waals surface area contributed by atoms with Gasteiger partial charge in [0.2, 0.25) is 5.91 Å². The van der Waals surface area contributed by atoms with Crippen LogP contribution in [-0.2, 0) is 11.3 Å². The first-order valence-corrected chi connectivity index (χ1v) is 9.41. The highest BCUT2D eigenvalue weighted by Crippen LogP contribution is 2.25. The molecule has 140 valence electrons. The molecule has 0 spiro atoms. The smallest absolute Gasteiger partial charge is 0.222 e. The van der Waals surface area contributed by atoms with Crippen LogP contribution in [0.1, 0.15) is 12.8 Å². The van der Waals surface area contributed by atoms with Gasteiger partial charge in [-0.25, -0.2) is 4.98 Å². The fraction of sp³-hybridized carbons (Fsp3) is 0.778. The molecule has 2 atom stereocenters. The molecule has 1 aromatic heterocycles. The number of aryl methyl sites for hydroxylation is 1. The molecular formula is C18H31N5O2. The van der Waals surface area contributed by atoms with Crippen molar-refractivity contribution in [2.24, 2.45) is 11.8 Å². The number of aromatic nitrogens is 2. The second kappa shape index (κ2) is 8.78.